The summed E-state index contributed by atoms with van der Waals surface area (Å²) in [5, 5.41) is 2.88. The van der Waals surface area contributed by atoms with E-state index in [1.807, 2.05) is 18.2 Å². The maximum absolute atomic E-state index is 12.4. The van der Waals surface area contributed by atoms with Gasteiger partial charge in [0.25, 0.3) is 5.91 Å². The summed E-state index contributed by atoms with van der Waals surface area (Å²) in [7, 11) is 0. The van der Waals surface area contributed by atoms with E-state index in [1.54, 1.807) is 25.1 Å². The predicted octanol–water partition coefficient (Wildman–Crippen LogP) is 2.76. The van der Waals surface area contributed by atoms with Crippen LogP contribution in [0, 0.1) is 6.92 Å². The standard InChI is InChI=1S/C17H17NO4/c1-11-14(9-10-21-11)17(20)22-15(12-5-3-2-4-6-12)16(19)18-13-7-8-13/h2-6,9-10,13,15H,7-8H2,1H3,(H,18,19). The summed E-state index contributed by atoms with van der Waals surface area (Å²) in [5.41, 5.74) is 0.982. The lowest BCUT2D eigenvalue weighted by Gasteiger charge is -2.17. The van der Waals surface area contributed by atoms with Gasteiger partial charge in [0.1, 0.15) is 11.3 Å². The van der Waals surface area contributed by atoms with E-state index in [2.05, 4.69) is 5.32 Å². The number of carbonyl (C=O) groups excluding carboxylic acids is 2. The van der Waals surface area contributed by atoms with Crippen molar-refractivity contribution in [3.05, 3.63) is 59.5 Å². The first-order valence-electron chi connectivity index (χ1n) is 7.25. The van der Waals surface area contributed by atoms with Crippen LogP contribution in [0.25, 0.3) is 0 Å². The normalized spacial score (nSPS) is 15.1. The van der Waals surface area contributed by atoms with Crippen molar-refractivity contribution < 1.29 is 18.7 Å². The van der Waals surface area contributed by atoms with Crippen LogP contribution < -0.4 is 5.32 Å². The van der Waals surface area contributed by atoms with Crippen LogP contribution in [0.4, 0.5) is 0 Å². The molecule has 1 amide bonds. The fraction of sp³-hybridized carbons (Fsp3) is 0.294. The molecule has 1 aliphatic carbocycles. The highest BCUT2D eigenvalue weighted by molar-refractivity contribution is 5.93. The number of hydrogen-bond acceptors (Lipinski definition) is 4. The highest BCUT2D eigenvalue weighted by Gasteiger charge is 2.31. The van der Waals surface area contributed by atoms with Gasteiger partial charge in [-0.3, -0.25) is 4.79 Å². The maximum Gasteiger partial charge on any atom is 0.342 e. The Morgan fingerprint density at radius 2 is 1.95 bits per heavy atom. The van der Waals surface area contributed by atoms with Crippen LogP contribution in [-0.2, 0) is 9.53 Å². The largest absolute Gasteiger partial charge is 0.469 e. The molecular weight excluding hydrogens is 282 g/mol. The van der Waals surface area contributed by atoms with Crippen molar-refractivity contribution in [3.63, 3.8) is 0 Å². The van der Waals surface area contributed by atoms with Crippen molar-refractivity contribution >= 4 is 11.9 Å². The number of carbonyl (C=O) groups is 2. The van der Waals surface area contributed by atoms with E-state index in [-0.39, 0.29) is 11.9 Å². The molecule has 1 aromatic heterocycles. The maximum atomic E-state index is 12.4. The molecule has 3 rings (SSSR count). The highest BCUT2D eigenvalue weighted by Crippen LogP contribution is 2.24. The fourth-order valence-corrected chi connectivity index (χ4v) is 2.17. The Kier molecular flexibility index (Phi) is 3.96. The number of esters is 1. The average Bonchev–Trinajstić information content (AvgIpc) is 3.23. The molecule has 0 bridgehead atoms. The number of aryl methyl sites for hydroxylation is 1. The molecule has 1 unspecified atom stereocenters. The van der Waals surface area contributed by atoms with Gasteiger partial charge in [0.05, 0.1) is 6.26 Å². The van der Waals surface area contributed by atoms with Gasteiger partial charge in [-0.25, -0.2) is 4.79 Å². The molecule has 0 spiro atoms. The second-order valence-corrected chi connectivity index (χ2v) is 5.37. The molecular formula is C17H17NO4. The molecule has 0 aliphatic heterocycles. The van der Waals surface area contributed by atoms with Crippen LogP contribution in [0.5, 0.6) is 0 Å². The van der Waals surface area contributed by atoms with Crippen LogP contribution in [0.1, 0.15) is 40.6 Å². The Morgan fingerprint density at radius 3 is 2.55 bits per heavy atom. The first-order chi connectivity index (χ1) is 10.6. The van der Waals surface area contributed by atoms with Crippen molar-refractivity contribution in [1.29, 1.82) is 0 Å². The molecule has 1 saturated carbocycles. The van der Waals surface area contributed by atoms with Gasteiger partial charge < -0.3 is 14.5 Å². The van der Waals surface area contributed by atoms with Crippen molar-refractivity contribution in [2.75, 3.05) is 0 Å². The zero-order valence-corrected chi connectivity index (χ0v) is 12.2. The van der Waals surface area contributed by atoms with Gasteiger partial charge in [-0.05, 0) is 25.8 Å². The Morgan fingerprint density at radius 1 is 1.23 bits per heavy atom. The first-order valence-corrected chi connectivity index (χ1v) is 7.25. The van der Waals surface area contributed by atoms with Crippen molar-refractivity contribution in [2.45, 2.75) is 31.9 Å². The van der Waals surface area contributed by atoms with E-state index in [0.717, 1.165) is 12.8 Å². The van der Waals surface area contributed by atoms with Crippen LogP contribution >= 0.6 is 0 Å². The van der Waals surface area contributed by atoms with Crippen LogP contribution in [0.3, 0.4) is 0 Å². The minimum atomic E-state index is -0.955. The molecule has 5 heteroatoms. The van der Waals surface area contributed by atoms with Crippen molar-refractivity contribution in [1.82, 2.24) is 5.32 Å². The molecule has 1 heterocycles. The third kappa shape index (κ3) is 3.19. The summed E-state index contributed by atoms with van der Waals surface area (Å²) in [4.78, 5) is 24.6. The van der Waals surface area contributed by atoms with Crippen LogP contribution in [0.2, 0.25) is 0 Å². The molecule has 5 nitrogen and oxygen atoms in total. The van der Waals surface area contributed by atoms with Gasteiger partial charge in [-0.1, -0.05) is 30.3 Å². The third-order valence-corrected chi connectivity index (χ3v) is 3.57. The molecule has 1 atom stereocenters. The lowest BCUT2D eigenvalue weighted by Crippen LogP contribution is -2.33. The van der Waals surface area contributed by atoms with Crippen LogP contribution in [0.15, 0.2) is 47.1 Å². The molecule has 1 aromatic carbocycles. The number of rotatable bonds is 5. The third-order valence-electron chi connectivity index (χ3n) is 3.57. The SMILES string of the molecule is Cc1occc1C(=O)OC(C(=O)NC1CC1)c1ccccc1. The van der Waals surface area contributed by atoms with Gasteiger partial charge in [-0.2, -0.15) is 0 Å². The molecule has 0 radical (unpaired) electrons. The Labute approximate surface area is 128 Å². The fourth-order valence-electron chi connectivity index (χ4n) is 2.17. The Balaban J connectivity index is 1.80. The number of amides is 1. The summed E-state index contributed by atoms with van der Waals surface area (Å²) in [6.45, 7) is 1.68. The lowest BCUT2D eigenvalue weighted by molar-refractivity contribution is -0.130. The van der Waals surface area contributed by atoms with Gasteiger partial charge in [-0.15, -0.1) is 0 Å². The molecule has 0 saturated heterocycles. The first kappa shape index (κ1) is 14.4. The van der Waals surface area contributed by atoms with E-state index < -0.39 is 12.1 Å². The van der Waals surface area contributed by atoms with Crippen molar-refractivity contribution in [2.24, 2.45) is 0 Å². The summed E-state index contributed by atoms with van der Waals surface area (Å²) in [5.74, 6) is -0.381. The summed E-state index contributed by atoms with van der Waals surface area (Å²) < 4.78 is 10.5. The molecule has 1 aliphatic rings. The zero-order valence-electron chi connectivity index (χ0n) is 12.2. The van der Waals surface area contributed by atoms with Crippen molar-refractivity contribution in [3.8, 4) is 0 Å². The lowest BCUT2D eigenvalue weighted by atomic mass is 10.1. The van der Waals surface area contributed by atoms with Crippen LogP contribution in [-0.4, -0.2) is 17.9 Å². The minimum Gasteiger partial charge on any atom is -0.469 e. The number of benzene rings is 1. The topological polar surface area (TPSA) is 68.5 Å². The van der Waals surface area contributed by atoms with E-state index in [0.29, 0.717) is 16.9 Å². The summed E-state index contributed by atoms with van der Waals surface area (Å²) in [6.07, 6.45) is 2.42. The molecule has 1 N–H and O–H groups in total. The highest BCUT2D eigenvalue weighted by atomic mass is 16.5. The van der Waals surface area contributed by atoms with E-state index >= 15 is 0 Å². The van der Waals surface area contributed by atoms with Gasteiger partial charge in [0, 0.05) is 11.6 Å². The number of ether oxygens (including phenoxy) is 1. The van der Waals surface area contributed by atoms with Gasteiger partial charge >= 0.3 is 5.97 Å². The summed E-state index contributed by atoms with van der Waals surface area (Å²) in [6, 6.07) is 10.8. The molecule has 114 valence electrons. The van der Waals surface area contributed by atoms with E-state index in [9.17, 15) is 9.59 Å². The molecule has 1 fully saturated rings. The van der Waals surface area contributed by atoms with Gasteiger partial charge in [0.15, 0.2) is 0 Å². The number of hydrogen-bond donors (Lipinski definition) is 1. The number of furan rings is 1. The quantitative estimate of drug-likeness (QED) is 0.862. The molecule has 22 heavy (non-hydrogen) atoms. The Hall–Kier alpha value is -2.56. The van der Waals surface area contributed by atoms with Gasteiger partial charge in [0.2, 0.25) is 6.10 Å². The second-order valence-electron chi connectivity index (χ2n) is 5.37. The summed E-state index contributed by atoms with van der Waals surface area (Å²) >= 11 is 0. The smallest absolute Gasteiger partial charge is 0.342 e. The average molecular weight is 299 g/mol. The zero-order chi connectivity index (χ0) is 15.5. The predicted molar refractivity (Wildman–Crippen MR) is 79.2 cm³/mol. The number of nitrogens with one attached hydrogen (secondary N) is 1. The Bertz CT molecular complexity index is 673. The minimum absolute atomic E-state index is 0.202. The second kappa shape index (κ2) is 6.05. The molecule has 2 aromatic rings. The van der Waals surface area contributed by atoms with E-state index in [1.165, 1.54) is 6.26 Å². The monoisotopic (exact) mass is 299 g/mol. The van der Waals surface area contributed by atoms with E-state index in [4.69, 9.17) is 9.15 Å².